The van der Waals surface area contributed by atoms with E-state index in [1.54, 1.807) is 0 Å². The zero-order valence-electron chi connectivity index (χ0n) is 14.5. The summed E-state index contributed by atoms with van der Waals surface area (Å²) in [5.41, 5.74) is 1.30. The topological polar surface area (TPSA) is 50.8 Å². The molecule has 2 saturated heterocycles. The fourth-order valence-electron chi connectivity index (χ4n) is 3.43. The van der Waals surface area contributed by atoms with Gasteiger partial charge in [-0.3, -0.25) is 9.69 Å². The molecule has 5 nitrogen and oxygen atoms in total. The van der Waals surface area contributed by atoms with Crippen molar-refractivity contribution in [2.24, 2.45) is 5.92 Å². The number of piperidine rings is 1. The van der Waals surface area contributed by atoms with Gasteiger partial charge in [0.15, 0.2) is 5.79 Å². The lowest BCUT2D eigenvalue weighted by molar-refractivity contribution is -0.252. The number of rotatable bonds is 5. The number of hydrogen-bond acceptors (Lipinski definition) is 4. The molecule has 1 amide bonds. The van der Waals surface area contributed by atoms with Crippen molar-refractivity contribution in [2.45, 2.75) is 38.5 Å². The Hall–Kier alpha value is -1.43. The standard InChI is InChI=1S/C19H28N2O3/c1-19(23-11-6-12-24-19)15-20-18(22)17-9-5-10-21(14-17)13-16-7-3-2-4-8-16/h2-4,7-8,17H,5-6,9-15H2,1H3,(H,20,22)/t17-/m1/s1. The highest BCUT2D eigenvalue weighted by molar-refractivity contribution is 5.79. The molecule has 3 rings (SSSR count). The molecular weight excluding hydrogens is 304 g/mol. The molecule has 0 bridgehead atoms. The van der Waals surface area contributed by atoms with Gasteiger partial charge in [-0.25, -0.2) is 0 Å². The Kier molecular flexibility index (Phi) is 5.87. The first-order valence-electron chi connectivity index (χ1n) is 8.96. The number of carbonyl (C=O) groups excluding carboxylic acids is 1. The van der Waals surface area contributed by atoms with Crippen molar-refractivity contribution in [3.63, 3.8) is 0 Å². The third-order valence-electron chi connectivity index (χ3n) is 4.81. The summed E-state index contributed by atoms with van der Waals surface area (Å²) in [5, 5.41) is 3.03. The normalized spacial score (nSPS) is 24.5. The molecule has 0 aromatic heterocycles. The fourth-order valence-corrected chi connectivity index (χ4v) is 3.43. The number of amides is 1. The van der Waals surface area contributed by atoms with Gasteiger partial charge in [-0.1, -0.05) is 30.3 Å². The molecule has 5 heteroatoms. The lowest BCUT2D eigenvalue weighted by atomic mass is 9.96. The van der Waals surface area contributed by atoms with E-state index in [2.05, 4.69) is 34.5 Å². The first-order chi connectivity index (χ1) is 11.6. The average Bonchev–Trinajstić information content (AvgIpc) is 2.61. The second-order valence-electron chi connectivity index (χ2n) is 6.96. The van der Waals surface area contributed by atoms with Crippen molar-refractivity contribution in [3.05, 3.63) is 35.9 Å². The molecule has 0 aliphatic carbocycles. The molecule has 132 valence electrons. The van der Waals surface area contributed by atoms with Gasteiger partial charge in [-0.05, 0) is 38.3 Å². The van der Waals surface area contributed by atoms with E-state index in [9.17, 15) is 4.79 Å². The van der Waals surface area contributed by atoms with Gasteiger partial charge in [0.2, 0.25) is 5.91 Å². The summed E-state index contributed by atoms with van der Waals surface area (Å²) < 4.78 is 11.3. The first kappa shape index (κ1) is 17.4. The van der Waals surface area contributed by atoms with E-state index in [1.165, 1.54) is 5.56 Å². The molecule has 2 aliphatic heterocycles. The van der Waals surface area contributed by atoms with Crippen molar-refractivity contribution >= 4 is 5.91 Å². The van der Waals surface area contributed by atoms with Crippen LogP contribution in [0.5, 0.6) is 0 Å². The van der Waals surface area contributed by atoms with Gasteiger partial charge < -0.3 is 14.8 Å². The lowest BCUT2D eigenvalue weighted by Crippen LogP contribution is -2.50. The molecular formula is C19H28N2O3. The van der Waals surface area contributed by atoms with Gasteiger partial charge in [0.05, 0.1) is 25.7 Å². The predicted molar refractivity (Wildman–Crippen MR) is 92.4 cm³/mol. The van der Waals surface area contributed by atoms with E-state index in [4.69, 9.17) is 9.47 Å². The van der Waals surface area contributed by atoms with E-state index in [0.717, 1.165) is 38.9 Å². The highest BCUT2D eigenvalue weighted by atomic mass is 16.7. The van der Waals surface area contributed by atoms with Crippen molar-refractivity contribution in [2.75, 3.05) is 32.8 Å². The van der Waals surface area contributed by atoms with Crippen molar-refractivity contribution < 1.29 is 14.3 Å². The predicted octanol–water partition coefficient (Wildman–Crippen LogP) is 2.17. The van der Waals surface area contributed by atoms with Crippen LogP contribution in [0.3, 0.4) is 0 Å². The minimum Gasteiger partial charge on any atom is -0.350 e. The van der Waals surface area contributed by atoms with E-state index in [-0.39, 0.29) is 11.8 Å². The van der Waals surface area contributed by atoms with Crippen LogP contribution in [0.4, 0.5) is 0 Å². The van der Waals surface area contributed by atoms with Crippen LogP contribution in [-0.4, -0.2) is 49.4 Å². The van der Waals surface area contributed by atoms with Crippen LogP contribution in [0.15, 0.2) is 30.3 Å². The maximum Gasteiger partial charge on any atom is 0.224 e. The molecule has 2 aliphatic rings. The van der Waals surface area contributed by atoms with Gasteiger partial charge in [0, 0.05) is 13.1 Å². The number of nitrogens with one attached hydrogen (secondary N) is 1. The summed E-state index contributed by atoms with van der Waals surface area (Å²) in [4.78, 5) is 14.9. The highest BCUT2D eigenvalue weighted by Crippen LogP contribution is 2.20. The van der Waals surface area contributed by atoms with Crippen LogP contribution in [0.2, 0.25) is 0 Å². The Morgan fingerprint density at radius 2 is 2.00 bits per heavy atom. The minimum absolute atomic E-state index is 0.0506. The Balaban J connectivity index is 1.48. The maximum atomic E-state index is 12.5. The molecule has 0 radical (unpaired) electrons. The van der Waals surface area contributed by atoms with Crippen molar-refractivity contribution in [1.29, 1.82) is 0 Å². The molecule has 2 fully saturated rings. The quantitative estimate of drug-likeness (QED) is 0.898. The minimum atomic E-state index is -0.674. The molecule has 24 heavy (non-hydrogen) atoms. The number of nitrogens with zero attached hydrogens (tertiary/aromatic N) is 1. The van der Waals surface area contributed by atoms with Gasteiger partial charge in [-0.15, -0.1) is 0 Å². The van der Waals surface area contributed by atoms with E-state index < -0.39 is 5.79 Å². The average molecular weight is 332 g/mol. The van der Waals surface area contributed by atoms with Gasteiger partial charge in [0.25, 0.3) is 0 Å². The summed E-state index contributed by atoms with van der Waals surface area (Å²) in [6, 6.07) is 10.4. The van der Waals surface area contributed by atoms with Crippen LogP contribution in [0, 0.1) is 5.92 Å². The Morgan fingerprint density at radius 3 is 2.75 bits per heavy atom. The van der Waals surface area contributed by atoms with Gasteiger partial charge in [-0.2, -0.15) is 0 Å². The summed E-state index contributed by atoms with van der Waals surface area (Å²) >= 11 is 0. The molecule has 0 unspecified atom stereocenters. The number of benzene rings is 1. The first-order valence-corrected chi connectivity index (χ1v) is 8.96. The Labute approximate surface area is 144 Å². The number of hydrogen-bond donors (Lipinski definition) is 1. The fraction of sp³-hybridized carbons (Fsp3) is 0.632. The Bertz CT molecular complexity index is 529. The number of ether oxygens (including phenoxy) is 2. The van der Waals surface area contributed by atoms with E-state index in [0.29, 0.717) is 19.8 Å². The molecule has 0 spiro atoms. The second-order valence-corrected chi connectivity index (χ2v) is 6.96. The number of carbonyl (C=O) groups is 1. The van der Waals surface area contributed by atoms with Crippen LogP contribution >= 0.6 is 0 Å². The largest absolute Gasteiger partial charge is 0.350 e. The Morgan fingerprint density at radius 1 is 1.25 bits per heavy atom. The number of likely N-dealkylation sites (tertiary alicyclic amines) is 1. The summed E-state index contributed by atoms with van der Waals surface area (Å²) in [6.45, 7) is 6.49. The summed E-state index contributed by atoms with van der Waals surface area (Å²) in [5.74, 6) is -0.506. The summed E-state index contributed by atoms with van der Waals surface area (Å²) in [6.07, 6.45) is 2.94. The van der Waals surface area contributed by atoms with Crippen LogP contribution < -0.4 is 5.32 Å². The maximum absolute atomic E-state index is 12.5. The van der Waals surface area contributed by atoms with Crippen LogP contribution in [-0.2, 0) is 20.8 Å². The molecule has 1 aromatic rings. The molecule has 1 atom stereocenters. The second kappa shape index (κ2) is 8.10. The SMILES string of the molecule is CC1(CNC(=O)[C@@H]2CCCN(Cc3ccccc3)C2)OCCCO1. The van der Waals surface area contributed by atoms with Crippen molar-refractivity contribution in [3.8, 4) is 0 Å². The molecule has 1 aromatic carbocycles. The van der Waals surface area contributed by atoms with Gasteiger partial charge >= 0.3 is 0 Å². The van der Waals surface area contributed by atoms with Crippen LogP contribution in [0.1, 0.15) is 31.7 Å². The zero-order valence-corrected chi connectivity index (χ0v) is 14.5. The van der Waals surface area contributed by atoms with Crippen molar-refractivity contribution in [1.82, 2.24) is 10.2 Å². The lowest BCUT2D eigenvalue weighted by Gasteiger charge is -2.35. The smallest absolute Gasteiger partial charge is 0.224 e. The van der Waals surface area contributed by atoms with E-state index >= 15 is 0 Å². The third-order valence-corrected chi connectivity index (χ3v) is 4.81. The molecule has 1 N–H and O–H groups in total. The zero-order chi connectivity index (χ0) is 16.8. The highest BCUT2D eigenvalue weighted by Gasteiger charge is 2.31. The molecule has 0 saturated carbocycles. The summed E-state index contributed by atoms with van der Waals surface area (Å²) in [7, 11) is 0. The molecule has 2 heterocycles. The van der Waals surface area contributed by atoms with Crippen LogP contribution in [0.25, 0.3) is 0 Å². The van der Waals surface area contributed by atoms with Gasteiger partial charge in [0.1, 0.15) is 0 Å². The monoisotopic (exact) mass is 332 g/mol. The third kappa shape index (κ3) is 4.79. The van der Waals surface area contributed by atoms with E-state index in [1.807, 2.05) is 13.0 Å².